The third kappa shape index (κ3) is 5.39. The zero-order valence-electron chi connectivity index (χ0n) is 14.9. The van der Waals surface area contributed by atoms with Gasteiger partial charge in [0.1, 0.15) is 6.10 Å². The zero-order chi connectivity index (χ0) is 17.6. The zero-order valence-corrected chi connectivity index (χ0v) is 14.9. The van der Waals surface area contributed by atoms with Crippen molar-refractivity contribution in [3.63, 3.8) is 0 Å². The van der Waals surface area contributed by atoms with Gasteiger partial charge in [-0.3, -0.25) is 0 Å². The molecule has 0 spiro atoms. The molecule has 1 fully saturated rings. The molecule has 1 aromatic rings. The van der Waals surface area contributed by atoms with Gasteiger partial charge in [0.25, 0.3) is 0 Å². The Morgan fingerprint density at radius 1 is 1.12 bits per heavy atom. The highest BCUT2D eigenvalue weighted by Gasteiger charge is 2.27. The van der Waals surface area contributed by atoms with Crippen LogP contribution in [0.1, 0.15) is 63.2 Å². The minimum absolute atomic E-state index is 0.256. The molecule has 0 bridgehead atoms. The molecule has 0 amide bonds. The molecule has 2 rings (SSSR count). The van der Waals surface area contributed by atoms with E-state index in [2.05, 4.69) is 11.8 Å². The van der Waals surface area contributed by atoms with E-state index >= 15 is 0 Å². The lowest BCUT2D eigenvalue weighted by molar-refractivity contribution is 0.0249. The molecule has 0 aromatic heterocycles. The average molecular weight is 328 g/mol. The number of ether oxygens (including phenoxy) is 1. The number of benzene rings is 1. The van der Waals surface area contributed by atoms with Crippen molar-refractivity contribution in [3.05, 3.63) is 35.9 Å². The van der Waals surface area contributed by atoms with Crippen LogP contribution in [0.3, 0.4) is 0 Å². The van der Waals surface area contributed by atoms with E-state index in [1.165, 1.54) is 6.42 Å². The summed E-state index contributed by atoms with van der Waals surface area (Å²) in [5, 5.41) is 10.2. The summed E-state index contributed by atoms with van der Waals surface area (Å²) in [7, 11) is 0. The van der Waals surface area contributed by atoms with Gasteiger partial charge in [-0.15, -0.1) is 0 Å². The van der Waals surface area contributed by atoms with Crippen LogP contribution in [0.25, 0.3) is 0 Å². The lowest BCUT2D eigenvalue weighted by atomic mass is 9.84. The number of hydrogen-bond donors (Lipinski definition) is 1. The van der Waals surface area contributed by atoms with Crippen molar-refractivity contribution in [1.29, 1.82) is 0 Å². The highest BCUT2D eigenvalue weighted by atomic mass is 16.5. The Morgan fingerprint density at radius 3 is 2.33 bits per heavy atom. The molecular weight excluding hydrogens is 300 g/mol. The minimum atomic E-state index is -0.737. The summed E-state index contributed by atoms with van der Waals surface area (Å²) in [6.07, 6.45) is 4.38. The van der Waals surface area contributed by atoms with Gasteiger partial charge in [-0.2, -0.15) is 0 Å². The summed E-state index contributed by atoms with van der Waals surface area (Å²) < 4.78 is 5.72. The fraction of sp³-hybridized carbons (Fsp3) is 0.571. The van der Waals surface area contributed by atoms with Gasteiger partial charge in [-0.05, 0) is 30.4 Å². The highest BCUT2D eigenvalue weighted by Crippen LogP contribution is 2.28. The Morgan fingerprint density at radius 2 is 1.75 bits per heavy atom. The number of rotatable bonds is 3. The number of carbonyl (C=O) groups is 1. The summed E-state index contributed by atoms with van der Waals surface area (Å²) >= 11 is 0. The topological polar surface area (TPSA) is 46.5 Å². The van der Waals surface area contributed by atoms with Crippen LogP contribution in [0.15, 0.2) is 30.3 Å². The van der Waals surface area contributed by atoms with Crippen LogP contribution in [0, 0.1) is 23.2 Å². The molecule has 3 heteroatoms. The van der Waals surface area contributed by atoms with Gasteiger partial charge in [0.2, 0.25) is 0 Å². The van der Waals surface area contributed by atoms with Gasteiger partial charge in [0.05, 0.1) is 5.56 Å². The molecule has 0 heterocycles. The smallest absolute Gasteiger partial charge is 0.339 e. The summed E-state index contributed by atoms with van der Waals surface area (Å²) in [6.45, 7) is 5.83. The van der Waals surface area contributed by atoms with Gasteiger partial charge in [-0.25, -0.2) is 4.79 Å². The van der Waals surface area contributed by atoms with Crippen LogP contribution in [0.4, 0.5) is 0 Å². The summed E-state index contributed by atoms with van der Waals surface area (Å²) in [4.78, 5) is 12.4. The standard InChI is InChI=1S/C21H28O3/c1-21(2,3)19(22)15-14-18(16-10-6-4-7-11-16)24-20(23)17-12-8-5-9-13-17/h5,8-9,12-13,16,18-19,22H,4,6-7,10-11H2,1-3H3/t18-,19-/m1/s1. The second-order valence-electron chi connectivity index (χ2n) is 7.65. The normalized spacial score (nSPS) is 18.2. The molecule has 0 aliphatic heterocycles. The molecule has 1 saturated carbocycles. The van der Waals surface area contributed by atoms with Crippen LogP contribution >= 0.6 is 0 Å². The van der Waals surface area contributed by atoms with Gasteiger partial charge < -0.3 is 9.84 Å². The second-order valence-corrected chi connectivity index (χ2v) is 7.65. The summed E-state index contributed by atoms with van der Waals surface area (Å²) in [5.41, 5.74) is 0.226. The first-order chi connectivity index (χ1) is 11.4. The molecule has 130 valence electrons. The monoisotopic (exact) mass is 328 g/mol. The number of esters is 1. The van der Waals surface area contributed by atoms with Crippen molar-refractivity contribution in [2.45, 2.75) is 65.1 Å². The Labute approximate surface area is 145 Å². The van der Waals surface area contributed by atoms with E-state index in [-0.39, 0.29) is 17.3 Å². The lowest BCUT2D eigenvalue weighted by Gasteiger charge is -2.27. The molecule has 24 heavy (non-hydrogen) atoms. The van der Waals surface area contributed by atoms with Crippen LogP contribution in [-0.2, 0) is 4.74 Å². The maximum atomic E-state index is 12.4. The van der Waals surface area contributed by atoms with E-state index in [1.807, 2.05) is 39.0 Å². The first-order valence-corrected chi connectivity index (χ1v) is 8.83. The van der Waals surface area contributed by atoms with Crippen LogP contribution < -0.4 is 0 Å². The minimum Gasteiger partial charge on any atom is -0.445 e. The predicted molar refractivity (Wildman–Crippen MR) is 95.5 cm³/mol. The van der Waals surface area contributed by atoms with Gasteiger partial charge in [-0.1, -0.05) is 70.1 Å². The number of hydrogen-bond acceptors (Lipinski definition) is 3. The first kappa shape index (κ1) is 18.5. The maximum absolute atomic E-state index is 12.4. The van der Waals surface area contributed by atoms with E-state index in [0.717, 1.165) is 25.7 Å². The van der Waals surface area contributed by atoms with E-state index < -0.39 is 12.2 Å². The van der Waals surface area contributed by atoms with Crippen molar-refractivity contribution in [2.75, 3.05) is 0 Å². The van der Waals surface area contributed by atoms with Gasteiger partial charge >= 0.3 is 5.97 Å². The van der Waals surface area contributed by atoms with Gasteiger partial charge in [0.15, 0.2) is 6.10 Å². The third-order valence-electron chi connectivity index (χ3n) is 4.50. The SMILES string of the molecule is CC(C)(C)[C@H](O)C#C[C@@H](OC(=O)c1ccccc1)C1CCCCC1. The van der Waals surface area contributed by atoms with Crippen molar-refractivity contribution >= 4 is 5.97 Å². The predicted octanol–water partition coefficient (Wildman–Crippen LogP) is 4.20. The fourth-order valence-electron chi connectivity index (χ4n) is 2.82. The van der Waals surface area contributed by atoms with Crippen LogP contribution in [0.5, 0.6) is 0 Å². The van der Waals surface area contributed by atoms with Gasteiger partial charge in [0, 0.05) is 5.92 Å². The van der Waals surface area contributed by atoms with Crippen LogP contribution in [0.2, 0.25) is 0 Å². The van der Waals surface area contributed by atoms with Crippen molar-refractivity contribution < 1.29 is 14.6 Å². The fourth-order valence-corrected chi connectivity index (χ4v) is 2.82. The Balaban J connectivity index is 2.14. The largest absolute Gasteiger partial charge is 0.445 e. The molecular formula is C21H28O3. The number of aliphatic hydroxyl groups is 1. The molecule has 1 aromatic carbocycles. The molecule has 0 radical (unpaired) electrons. The molecule has 0 saturated heterocycles. The summed E-state index contributed by atoms with van der Waals surface area (Å²) in [6, 6.07) is 9.01. The van der Waals surface area contributed by atoms with Crippen molar-refractivity contribution in [3.8, 4) is 11.8 Å². The second kappa shape index (κ2) is 8.35. The molecule has 3 nitrogen and oxygen atoms in total. The third-order valence-corrected chi connectivity index (χ3v) is 4.50. The van der Waals surface area contributed by atoms with E-state index in [1.54, 1.807) is 12.1 Å². The molecule has 1 aliphatic rings. The quantitative estimate of drug-likeness (QED) is 0.668. The highest BCUT2D eigenvalue weighted by molar-refractivity contribution is 5.89. The Hall–Kier alpha value is -1.79. The van der Waals surface area contributed by atoms with E-state index in [4.69, 9.17) is 4.74 Å². The molecule has 1 N–H and O–H groups in total. The van der Waals surface area contributed by atoms with Crippen molar-refractivity contribution in [1.82, 2.24) is 0 Å². The van der Waals surface area contributed by atoms with E-state index in [9.17, 15) is 9.90 Å². The average Bonchev–Trinajstić information content (AvgIpc) is 2.58. The number of aliphatic hydroxyl groups excluding tert-OH is 1. The Bertz CT molecular complexity index is 583. The van der Waals surface area contributed by atoms with Crippen LogP contribution in [-0.4, -0.2) is 23.3 Å². The van der Waals surface area contributed by atoms with E-state index in [0.29, 0.717) is 5.56 Å². The number of carbonyl (C=O) groups excluding carboxylic acids is 1. The maximum Gasteiger partial charge on any atom is 0.339 e. The molecule has 2 atom stereocenters. The Kier molecular flexibility index (Phi) is 6.45. The first-order valence-electron chi connectivity index (χ1n) is 8.83. The molecule has 1 aliphatic carbocycles. The van der Waals surface area contributed by atoms with Crippen molar-refractivity contribution in [2.24, 2.45) is 11.3 Å². The summed E-state index contributed by atoms with van der Waals surface area (Å²) in [5.74, 6) is 5.87. The lowest BCUT2D eigenvalue weighted by Crippen LogP contribution is -2.29. The molecule has 0 unspecified atom stereocenters.